The number of aliphatic hydroxyl groups is 2. The first-order chi connectivity index (χ1) is 17.5. The third-order valence-electron chi connectivity index (χ3n) is 7.70. The monoisotopic (exact) mass is 565 g/mol. The van der Waals surface area contributed by atoms with Gasteiger partial charge in [0.05, 0.1) is 13.2 Å². The third-order valence-corrected chi connectivity index (χ3v) is 8.21. The number of amides is 1. The average molecular weight is 567 g/mol. The van der Waals surface area contributed by atoms with Crippen LogP contribution in [0.2, 0.25) is 10.0 Å². The van der Waals surface area contributed by atoms with Gasteiger partial charge in [-0.3, -0.25) is 0 Å². The molecule has 0 unspecified atom stereocenters. The molecule has 1 saturated heterocycles. The van der Waals surface area contributed by atoms with Gasteiger partial charge in [0, 0.05) is 34.0 Å². The van der Waals surface area contributed by atoms with Crippen LogP contribution in [-0.2, 0) is 15.6 Å². The van der Waals surface area contributed by atoms with Crippen LogP contribution in [-0.4, -0.2) is 53.1 Å². The summed E-state index contributed by atoms with van der Waals surface area (Å²) < 4.78 is 5.41. The molecule has 5 nitrogen and oxygen atoms in total. The Kier molecular flexibility index (Phi) is 12.0. The lowest BCUT2D eigenvalue weighted by molar-refractivity contribution is 0.0123. The fourth-order valence-corrected chi connectivity index (χ4v) is 5.61. The number of aliphatic hydroxyl groups excluding tert-OH is 2. The average Bonchev–Trinajstić information content (AvgIpc) is 2.89. The predicted molar refractivity (Wildman–Crippen MR) is 157 cm³/mol. The van der Waals surface area contributed by atoms with E-state index in [1.54, 1.807) is 4.90 Å². The normalized spacial score (nSPS) is 18.4. The molecule has 1 aliphatic heterocycles. The van der Waals surface area contributed by atoms with Gasteiger partial charge in [0.2, 0.25) is 0 Å². The number of benzene rings is 2. The van der Waals surface area contributed by atoms with Crippen LogP contribution in [0.1, 0.15) is 84.3 Å². The van der Waals surface area contributed by atoms with Crippen LogP contribution in [0.25, 0.3) is 0 Å². The minimum Gasteiger partial charge on any atom is -0.444 e. The maximum atomic E-state index is 12.1. The maximum absolute atomic E-state index is 12.1. The van der Waals surface area contributed by atoms with E-state index in [9.17, 15) is 15.0 Å². The van der Waals surface area contributed by atoms with E-state index in [4.69, 9.17) is 27.9 Å². The molecule has 2 aromatic carbocycles. The largest absolute Gasteiger partial charge is 0.444 e. The molecule has 2 aliphatic rings. The van der Waals surface area contributed by atoms with Crippen LogP contribution in [0.3, 0.4) is 0 Å². The first-order valence-corrected chi connectivity index (χ1v) is 14.0. The van der Waals surface area contributed by atoms with E-state index in [1.807, 2.05) is 57.2 Å². The number of piperidine rings is 1. The summed E-state index contributed by atoms with van der Waals surface area (Å²) in [4.78, 5) is 13.8. The summed E-state index contributed by atoms with van der Waals surface area (Å²) in [5.41, 5.74) is 1.53. The minimum atomic E-state index is -0.487. The van der Waals surface area contributed by atoms with Gasteiger partial charge in [-0.2, -0.15) is 0 Å². The van der Waals surface area contributed by atoms with Crippen LogP contribution in [0.4, 0.5) is 4.79 Å². The van der Waals surface area contributed by atoms with Crippen molar-refractivity contribution < 1.29 is 19.7 Å². The molecule has 212 valence electrons. The molecule has 0 radical (unpaired) electrons. The fraction of sp³-hybridized carbons (Fsp3) is 0.581. The Balaban J connectivity index is 0.000000277. The van der Waals surface area contributed by atoms with E-state index in [-0.39, 0.29) is 37.6 Å². The minimum absolute atomic E-state index is 0. The predicted octanol–water partition coefficient (Wildman–Crippen LogP) is 7.77. The lowest BCUT2D eigenvalue weighted by atomic mass is 9.70. The van der Waals surface area contributed by atoms with Gasteiger partial charge >= 0.3 is 6.09 Å². The number of hydrogen-bond acceptors (Lipinski definition) is 4. The number of nitrogens with zero attached hydrogens (tertiary/aromatic N) is 1. The highest BCUT2D eigenvalue weighted by Gasteiger charge is 2.38. The van der Waals surface area contributed by atoms with Crippen LogP contribution in [0.5, 0.6) is 0 Å². The second-order valence-corrected chi connectivity index (χ2v) is 12.3. The smallest absolute Gasteiger partial charge is 0.410 e. The summed E-state index contributed by atoms with van der Waals surface area (Å²) in [6.45, 7) is 7.07. The molecule has 4 rings (SSSR count). The number of halogens is 2. The Morgan fingerprint density at radius 1 is 0.789 bits per heavy atom. The SMILES string of the molecule is C.CC(C)(C)OC(=O)N1CCC(CO)(c2ccc(Cl)cc2)CC1.OCC1(c2ccc(Cl)cc2)CCCCC1. The molecule has 7 heteroatoms. The maximum Gasteiger partial charge on any atom is 0.410 e. The highest BCUT2D eigenvalue weighted by atomic mass is 35.5. The molecular formula is C31H45Cl2NO4. The zero-order valence-corrected chi connectivity index (χ0v) is 23.8. The van der Waals surface area contributed by atoms with Crippen molar-refractivity contribution >= 4 is 29.3 Å². The van der Waals surface area contributed by atoms with Gasteiger partial charge in [0.25, 0.3) is 0 Å². The second-order valence-electron chi connectivity index (χ2n) is 11.4. The summed E-state index contributed by atoms with van der Waals surface area (Å²) in [6, 6.07) is 15.6. The van der Waals surface area contributed by atoms with Crippen molar-refractivity contribution in [3.63, 3.8) is 0 Å². The van der Waals surface area contributed by atoms with Gasteiger partial charge in [0.15, 0.2) is 0 Å². The molecule has 2 N–H and O–H groups in total. The first-order valence-electron chi connectivity index (χ1n) is 13.2. The van der Waals surface area contributed by atoms with Crippen molar-refractivity contribution in [2.24, 2.45) is 0 Å². The summed E-state index contributed by atoms with van der Waals surface area (Å²) in [7, 11) is 0. The van der Waals surface area contributed by atoms with E-state index < -0.39 is 5.60 Å². The van der Waals surface area contributed by atoms with Crippen LogP contribution >= 0.6 is 23.2 Å². The highest BCUT2D eigenvalue weighted by molar-refractivity contribution is 6.30. The summed E-state index contributed by atoms with van der Waals surface area (Å²) in [6.07, 6.45) is 7.10. The molecule has 38 heavy (non-hydrogen) atoms. The standard InChI is InChI=1S/C17H24ClNO3.C13H17ClO.CH4/c1-16(2,3)22-15(21)19-10-8-17(12-20,9-11-19)13-4-6-14(18)7-5-13;14-12-6-4-11(5-7-12)13(10-15)8-2-1-3-9-13;/h4-7,20H,8-12H2,1-3H3;4-7,15H,1-3,8-10H2;1H4. The molecule has 1 heterocycles. The van der Waals surface area contributed by atoms with Crippen molar-refractivity contribution in [1.29, 1.82) is 0 Å². The number of rotatable bonds is 4. The number of carbonyl (C=O) groups is 1. The van der Waals surface area contributed by atoms with Gasteiger partial charge in [-0.1, -0.05) is 74.2 Å². The molecule has 0 spiro atoms. The Hall–Kier alpha value is -1.79. The molecule has 1 saturated carbocycles. The Labute approximate surface area is 239 Å². The zero-order chi connectivity index (χ0) is 27.1. The lowest BCUT2D eigenvalue weighted by Gasteiger charge is -2.41. The van der Waals surface area contributed by atoms with Crippen molar-refractivity contribution in [3.8, 4) is 0 Å². The van der Waals surface area contributed by atoms with Crippen molar-refractivity contribution in [1.82, 2.24) is 4.90 Å². The van der Waals surface area contributed by atoms with Crippen molar-refractivity contribution in [2.45, 2.75) is 89.6 Å². The topological polar surface area (TPSA) is 70.0 Å². The molecule has 1 aliphatic carbocycles. The van der Waals surface area contributed by atoms with E-state index >= 15 is 0 Å². The fourth-order valence-electron chi connectivity index (χ4n) is 5.36. The molecule has 0 aromatic heterocycles. The third kappa shape index (κ3) is 8.35. The number of likely N-dealkylation sites (tertiary alicyclic amines) is 1. The van der Waals surface area contributed by atoms with E-state index in [1.165, 1.54) is 24.8 Å². The van der Waals surface area contributed by atoms with Crippen molar-refractivity contribution in [3.05, 3.63) is 69.7 Å². The molecule has 2 aromatic rings. The Bertz CT molecular complexity index is 988. The van der Waals surface area contributed by atoms with Gasteiger partial charge in [0.1, 0.15) is 5.60 Å². The van der Waals surface area contributed by atoms with E-state index in [0.717, 1.165) is 23.4 Å². The molecule has 2 fully saturated rings. The second kappa shape index (κ2) is 14.0. The molecule has 0 atom stereocenters. The van der Waals surface area contributed by atoms with Gasteiger partial charge in [-0.25, -0.2) is 4.79 Å². The number of ether oxygens (including phenoxy) is 1. The zero-order valence-electron chi connectivity index (χ0n) is 22.3. The molecular weight excluding hydrogens is 521 g/mol. The summed E-state index contributed by atoms with van der Waals surface area (Å²) in [5, 5.41) is 21.0. The van der Waals surface area contributed by atoms with Gasteiger partial charge in [-0.05, 0) is 81.8 Å². The van der Waals surface area contributed by atoms with E-state index in [0.29, 0.717) is 31.0 Å². The highest BCUT2D eigenvalue weighted by Crippen LogP contribution is 2.39. The Morgan fingerprint density at radius 3 is 1.55 bits per heavy atom. The lowest BCUT2D eigenvalue weighted by Crippen LogP contribution is -2.48. The summed E-state index contributed by atoms with van der Waals surface area (Å²) >= 11 is 11.8. The number of carbonyl (C=O) groups excluding carboxylic acids is 1. The first kappa shape index (κ1) is 32.4. The Morgan fingerprint density at radius 2 is 1.18 bits per heavy atom. The molecule has 0 bridgehead atoms. The summed E-state index contributed by atoms with van der Waals surface area (Å²) in [5.74, 6) is 0. The van der Waals surface area contributed by atoms with Gasteiger partial charge < -0.3 is 19.8 Å². The number of hydrogen-bond donors (Lipinski definition) is 2. The van der Waals surface area contributed by atoms with Crippen LogP contribution < -0.4 is 0 Å². The van der Waals surface area contributed by atoms with Crippen LogP contribution in [0, 0.1) is 0 Å². The quantitative estimate of drug-likeness (QED) is 0.397. The van der Waals surface area contributed by atoms with Crippen LogP contribution in [0.15, 0.2) is 48.5 Å². The van der Waals surface area contributed by atoms with E-state index in [2.05, 4.69) is 12.1 Å². The van der Waals surface area contributed by atoms with Gasteiger partial charge in [-0.15, -0.1) is 0 Å². The molecule has 1 amide bonds. The van der Waals surface area contributed by atoms with Crippen molar-refractivity contribution in [2.75, 3.05) is 26.3 Å².